The van der Waals surface area contributed by atoms with Gasteiger partial charge in [-0.25, -0.2) is 4.55 Å². The van der Waals surface area contributed by atoms with E-state index in [9.17, 15) is 28.3 Å². The van der Waals surface area contributed by atoms with Crippen molar-refractivity contribution in [3.05, 3.63) is 66.1 Å². The highest BCUT2D eigenvalue weighted by molar-refractivity contribution is 7.85. The third-order valence-corrected chi connectivity index (χ3v) is 6.23. The summed E-state index contributed by atoms with van der Waals surface area (Å²) in [6.07, 6.45) is 1.02. The predicted molar refractivity (Wildman–Crippen MR) is 108 cm³/mol. The Labute approximate surface area is 166 Å². The van der Waals surface area contributed by atoms with Crippen LogP contribution in [-0.4, -0.2) is 35.4 Å². The number of hydrogen-bond acceptors (Lipinski definition) is 6. The van der Waals surface area contributed by atoms with Crippen LogP contribution in [0.25, 0.3) is 10.8 Å². The number of para-hydroxylation sites is 1. The highest BCUT2D eigenvalue weighted by Crippen LogP contribution is 2.53. The molecule has 0 saturated carbocycles. The lowest BCUT2D eigenvalue weighted by Crippen LogP contribution is -2.46. The molecule has 1 heterocycles. The lowest BCUT2D eigenvalue weighted by atomic mass is 10.0. The first-order valence-corrected chi connectivity index (χ1v) is 9.97. The highest BCUT2D eigenvalue weighted by atomic mass is 32.2. The van der Waals surface area contributed by atoms with Gasteiger partial charge in [0.2, 0.25) is 5.69 Å². The number of aliphatic hydroxyl groups excluding tert-OH is 1. The van der Waals surface area contributed by atoms with Gasteiger partial charge in [-0.3, -0.25) is 0 Å². The van der Waals surface area contributed by atoms with Crippen LogP contribution >= 0.6 is 0 Å². The quantitative estimate of drug-likeness (QED) is 0.379. The number of methoxy groups -OCH3 is 1. The molecule has 8 nitrogen and oxygen atoms in total. The number of fused-ring (bicyclic) bond motifs is 2. The van der Waals surface area contributed by atoms with Gasteiger partial charge in [0.25, 0.3) is 0 Å². The van der Waals surface area contributed by atoms with Crippen molar-refractivity contribution in [1.82, 2.24) is 3.89 Å². The van der Waals surface area contributed by atoms with E-state index in [2.05, 4.69) is 0 Å². The average molecular weight is 416 g/mol. The molecule has 1 atom stereocenters. The maximum absolute atomic E-state index is 12.8. The van der Waals surface area contributed by atoms with Gasteiger partial charge in [0.05, 0.1) is 12.5 Å². The van der Waals surface area contributed by atoms with Crippen molar-refractivity contribution in [1.29, 1.82) is 0 Å². The van der Waals surface area contributed by atoms with Crippen LogP contribution in [0, 0.1) is 0 Å². The number of hydrogen-bond donors (Lipinski definition) is 4. The van der Waals surface area contributed by atoms with Crippen LogP contribution in [0.15, 0.2) is 60.5 Å². The minimum Gasteiger partial charge on any atom is -0.507 e. The van der Waals surface area contributed by atoms with Gasteiger partial charge in [-0.15, -0.1) is 8.42 Å². The van der Waals surface area contributed by atoms with Gasteiger partial charge in [0.15, 0.2) is 23.4 Å². The fourth-order valence-electron chi connectivity index (χ4n) is 3.83. The molecule has 4 N–H and O–H groups in total. The molecular weight excluding hydrogens is 398 g/mol. The number of aliphatic hydroxyl groups is 1. The van der Waals surface area contributed by atoms with Crippen LogP contribution in [-0.2, 0) is 16.7 Å². The first kappa shape index (κ1) is 19.1. The summed E-state index contributed by atoms with van der Waals surface area (Å²) in [7, 11) is -3.60. The molecule has 0 aromatic heterocycles. The van der Waals surface area contributed by atoms with E-state index in [1.807, 2.05) is 0 Å². The van der Waals surface area contributed by atoms with Crippen molar-refractivity contribution >= 4 is 32.5 Å². The maximum atomic E-state index is 12.8. The summed E-state index contributed by atoms with van der Waals surface area (Å²) >= 11 is 0. The fraction of sp³-hybridized carbons (Fsp3) is 0.100. The van der Waals surface area contributed by atoms with E-state index in [1.165, 1.54) is 25.3 Å². The Kier molecular flexibility index (Phi) is 4.19. The zero-order valence-electron chi connectivity index (χ0n) is 15.3. The average Bonchev–Trinajstić information content (AvgIpc) is 2.66. The Bertz CT molecular complexity index is 1280. The highest BCUT2D eigenvalue weighted by Gasteiger charge is 2.52. The molecular formula is C20H18NO7S+. The zero-order valence-corrected chi connectivity index (χ0v) is 16.1. The Morgan fingerprint density at radius 3 is 2.38 bits per heavy atom. The number of nitrogens with zero attached hydrogens (tertiary/aromatic N) is 1. The van der Waals surface area contributed by atoms with Crippen LogP contribution < -0.4 is 8.63 Å². The van der Waals surface area contributed by atoms with Gasteiger partial charge in [0, 0.05) is 29.5 Å². The zero-order chi connectivity index (χ0) is 21.0. The summed E-state index contributed by atoms with van der Waals surface area (Å²) in [6, 6.07) is 11.9. The van der Waals surface area contributed by atoms with Gasteiger partial charge in [-0.1, -0.05) is 22.1 Å². The van der Waals surface area contributed by atoms with Crippen LogP contribution in [0.5, 0.6) is 17.2 Å². The SMILES string of the molecule is COc1ccc2c(O)cc(O)c([N@@+]3(S(=O)(=O)O)C=C(O)Cc4ccccc43)c2c1. The number of allylic oxidation sites excluding steroid dienone is 1. The van der Waals surface area contributed by atoms with Crippen molar-refractivity contribution in [2.75, 3.05) is 7.11 Å². The number of aromatic hydroxyl groups is 2. The largest absolute Gasteiger partial charge is 0.507 e. The number of rotatable bonds is 3. The van der Waals surface area contributed by atoms with Gasteiger partial charge < -0.3 is 20.1 Å². The first-order valence-electron chi connectivity index (χ1n) is 8.58. The van der Waals surface area contributed by atoms with E-state index in [0.717, 1.165) is 12.3 Å². The summed E-state index contributed by atoms with van der Waals surface area (Å²) in [6.45, 7) is 0. The molecule has 0 spiro atoms. The van der Waals surface area contributed by atoms with Crippen molar-refractivity contribution in [2.45, 2.75) is 6.42 Å². The second kappa shape index (κ2) is 6.38. The topological polar surface area (TPSA) is 124 Å². The third kappa shape index (κ3) is 2.70. The first-order chi connectivity index (χ1) is 13.7. The van der Waals surface area contributed by atoms with Gasteiger partial charge in [0.1, 0.15) is 11.5 Å². The summed E-state index contributed by atoms with van der Waals surface area (Å²) in [5, 5.41) is 31.7. The Morgan fingerprint density at radius 2 is 1.69 bits per heavy atom. The van der Waals surface area contributed by atoms with Crippen molar-refractivity contribution in [3.8, 4) is 17.2 Å². The molecule has 9 heteroatoms. The number of phenols is 2. The van der Waals surface area contributed by atoms with Crippen LogP contribution in [0.3, 0.4) is 0 Å². The van der Waals surface area contributed by atoms with E-state index in [0.29, 0.717) is 11.3 Å². The standard InChI is InChI=1S/C20H17NO7S/c1-28-14-6-7-15-16(9-14)20(19(24)10-18(15)23)21(29(25,26)27)11-13(22)8-12-4-2-3-5-17(12)21/h2-7,9-11H,8H2,1H3,(H3-,22,23,24,25,26,27)/p+1/t21-/m1/s1. The molecule has 4 rings (SSSR count). The van der Waals surface area contributed by atoms with Crippen LogP contribution in [0.2, 0.25) is 0 Å². The molecule has 0 aliphatic carbocycles. The van der Waals surface area contributed by atoms with Crippen molar-refractivity contribution in [2.24, 2.45) is 0 Å². The minimum absolute atomic E-state index is 0.0613. The van der Waals surface area contributed by atoms with Gasteiger partial charge >= 0.3 is 10.3 Å². The van der Waals surface area contributed by atoms with Crippen LogP contribution in [0.1, 0.15) is 5.56 Å². The molecule has 0 unspecified atom stereocenters. The summed E-state index contributed by atoms with van der Waals surface area (Å²) < 4.78 is 39.8. The van der Waals surface area contributed by atoms with E-state index < -0.39 is 19.9 Å². The molecule has 0 radical (unpaired) electrons. The van der Waals surface area contributed by atoms with Crippen molar-refractivity contribution in [3.63, 3.8) is 0 Å². The molecule has 3 aromatic rings. The minimum atomic E-state index is -5.01. The molecule has 150 valence electrons. The normalized spacial score (nSPS) is 18.9. The molecule has 0 saturated heterocycles. The number of phenolic OH excluding ortho intramolecular Hbond substituents is 2. The molecule has 0 fully saturated rings. The fourth-order valence-corrected chi connectivity index (χ4v) is 4.93. The molecule has 3 aromatic carbocycles. The monoisotopic (exact) mass is 416 g/mol. The Hall–Kier alpha value is -3.27. The summed E-state index contributed by atoms with van der Waals surface area (Å²) in [5.74, 6) is -0.821. The molecule has 0 bridgehead atoms. The van der Waals surface area contributed by atoms with Gasteiger partial charge in [-0.05, 0) is 18.2 Å². The lowest BCUT2D eigenvalue weighted by Gasteiger charge is -2.34. The predicted octanol–water partition coefficient (Wildman–Crippen LogP) is 3.66. The van der Waals surface area contributed by atoms with E-state index in [4.69, 9.17) is 4.74 Å². The number of ether oxygens (including phenoxy) is 1. The third-order valence-electron chi connectivity index (χ3n) is 5.02. The smallest absolute Gasteiger partial charge is 0.447 e. The Balaban J connectivity index is 2.27. The maximum Gasteiger partial charge on any atom is 0.447 e. The summed E-state index contributed by atoms with van der Waals surface area (Å²) in [4.78, 5) is 0. The van der Waals surface area contributed by atoms with E-state index >= 15 is 0 Å². The molecule has 1 aliphatic heterocycles. The molecule has 0 amide bonds. The van der Waals surface area contributed by atoms with Gasteiger partial charge in [-0.2, -0.15) is 0 Å². The van der Waals surface area contributed by atoms with Crippen LogP contribution in [0.4, 0.5) is 11.4 Å². The number of benzene rings is 3. The number of quaternary nitrogens is 1. The lowest BCUT2D eigenvalue weighted by molar-refractivity contribution is 0.369. The second-order valence-electron chi connectivity index (χ2n) is 6.71. The summed E-state index contributed by atoms with van der Waals surface area (Å²) in [5.41, 5.74) is 0.337. The second-order valence-corrected chi connectivity index (χ2v) is 8.18. The van der Waals surface area contributed by atoms with E-state index in [-0.39, 0.29) is 40.1 Å². The van der Waals surface area contributed by atoms with E-state index in [1.54, 1.807) is 24.3 Å². The molecule has 1 aliphatic rings. The molecule has 29 heavy (non-hydrogen) atoms. The van der Waals surface area contributed by atoms with Crippen molar-refractivity contribution < 1.29 is 33.0 Å². The Morgan fingerprint density at radius 1 is 0.966 bits per heavy atom.